The van der Waals surface area contributed by atoms with E-state index in [1.165, 1.54) is 114 Å². The lowest BCUT2D eigenvalue weighted by molar-refractivity contribution is 0.195. The normalized spacial score (nSPS) is 38.0. The third kappa shape index (κ3) is 7.83. The molecule has 2 radical (unpaired) electrons. The van der Waals surface area contributed by atoms with E-state index in [1.807, 2.05) is 0 Å². The second kappa shape index (κ2) is 14.6. The van der Waals surface area contributed by atoms with Gasteiger partial charge in [0.25, 0.3) is 0 Å². The molecule has 5 aliphatic carbocycles. The summed E-state index contributed by atoms with van der Waals surface area (Å²) in [5, 5.41) is 0. The lowest BCUT2D eigenvalue weighted by Gasteiger charge is -2.38. The van der Waals surface area contributed by atoms with Gasteiger partial charge in [0.05, 0.1) is 0 Å². The standard InChI is InChI=1S/C40H58/c1-5-8-36-20-16-33-14-13-32(26-33)9-7-10-38(30(36)4)27-35-17-21-37(22-18-35)40-24-19-34-12-11-29(3)25-31(6-2)15-23-39(40)28-34/h15-16,20,23,25-26,28-29,32,35,37-38,40H,4-14,17-19,21-22,24,27H2,1-3H3/b31-25+,36-20-,39-23+/t29?,32?,35?,37?,38?,40-/m1/s1. The van der Waals surface area contributed by atoms with Crippen molar-refractivity contribution in [2.75, 3.05) is 0 Å². The molecule has 0 heterocycles. The first-order valence-electron chi connectivity index (χ1n) is 17.4. The van der Waals surface area contributed by atoms with Crippen LogP contribution < -0.4 is 0 Å². The molecule has 1 saturated carbocycles. The molecule has 218 valence electrons. The first-order valence-corrected chi connectivity index (χ1v) is 17.4. The highest BCUT2D eigenvalue weighted by atomic mass is 14.4. The van der Waals surface area contributed by atoms with Crippen molar-refractivity contribution in [2.24, 2.45) is 35.5 Å². The van der Waals surface area contributed by atoms with Crippen molar-refractivity contribution < 1.29 is 0 Å². The van der Waals surface area contributed by atoms with Gasteiger partial charge in [-0.2, -0.15) is 0 Å². The molecule has 4 atom stereocenters. The van der Waals surface area contributed by atoms with Crippen molar-refractivity contribution in [1.82, 2.24) is 0 Å². The topological polar surface area (TPSA) is 0 Å². The Morgan fingerprint density at radius 3 is 2.45 bits per heavy atom. The molecule has 4 bridgehead atoms. The van der Waals surface area contributed by atoms with Gasteiger partial charge in [-0.25, -0.2) is 0 Å². The van der Waals surface area contributed by atoms with Crippen molar-refractivity contribution in [1.29, 1.82) is 0 Å². The lowest BCUT2D eigenvalue weighted by atomic mass is 9.67. The summed E-state index contributed by atoms with van der Waals surface area (Å²) >= 11 is 0. The minimum atomic E-state index is 0.687. The predicted octanol–water partition coefficient (Wildman–Crippen LogP) is 12.0. The average Bonchev–Trinajstić information content (AvgIpc) is 3.42. The summed E-state index contributed by atoms with van der Waals surface area (Å²) in [7, 11) is 0. The molecule has 5 aliphatic rings. The fourth-order valence-corrected chi connectivity index (χ4v) is 8.72. The van der Waals surface area contributed by atoms with Crippen molar-refractivity contribution in [3.05, 3.63) is 83.2 Å². The number of allylic oxidation sites excluding steroid dienone is 11. The highest BCUT2D eigenvalue weighted by molar-refractivity contribution is 5.38. The van der Waals surface area contributed by atoms with E-state index in [4.69, 9.17) is 6.58 Å². The zero-order valence-electron chi connectivity index (χ0n) is 26.2. The molecule has 0 heteroatoms. The van der Waals surface area contributed by atoms with Crippen LogP contribution >= 0.6 is 0 Å². The molecule has 0 aromatic carbocycles. The fourth-order valence-electron chi connectivity index (χ4n) is 8.72. The van der Waals surface area contributed by atoms with Gasteiger partial charge < -0.3 is 0 Å². The van der Waals surface area contributed by atoms with Crippen molar-refractivity contribution >= 4 is 0 Å². The second-order valence-corrected chi connectivity index (χ2v) is 14.2. The quantitative estimate of drug-likeness (QED) is 0.315. The number of hydrogen-bond donors (Lipinski definition) is 0. The zero-order chi connectivity index (χ0) is 27.9. The van der Waals surface area contributed by atoms with E-state index < -0.39 is 0 Å². The summed E-state index contributed by atoms with van der Waals surface area (Å²) in [6.07, 6.45) is 40.4. The molecule has 0 amide bonds. The van der Waals surface area contributed by atoms with E-state index in [9.17, 15) is 0 Å². The summed E-state index contributed by atoms with van der Waals surface area (Å²) in [4.78, 5) is 0. The maximum Gasteiger partial charge on any atom is 0.00832 e. The van der Waals surface area contributed by atoms with Crippen molar-refractivity contribution in [2.45, 2.75) is 130 Å². The third-order valence-corrected chi connectivity index (χ3v) is 11.3. The Kier molecular flexibility index (Phi) is 10.9. The monoisotopic (exact) mass is 538 g/mol. The predicted molar refractivity (Wildman–Crippen MR) is 175 cm³/mol. The molecule has 40 heavy (non-hydrogen) atoms. The molecule has 0 spiro atoms. The molecule has 0 N–H and O–H groups in total. The maximum atomic E-state index is 4.77. The summed E-state index contributed by atoms with van der Waals surface area (Å²) in [5.41, 5.74) is 9.51. The van der Waals surface area contributed by atoms with Crippen LogP contribution in [0.1, 0.15) is 130 Å². The van der Waals surface area contributed by atoms with Crippen LogP contribution in [-0.2, 0) is 0 Å². The smallest absolute Gasteiger partial charge is 0.00832 e. The second-order valence-electron chi connectivity index (χ2n) is 14.2. The highest BCUT2D eigenvalue weighted by Crippen LogP contribution is 2.46. The highest BCUT2D eigenvalue weighted by Gasteiger charge is 2.33. The lowest BCUT2D eigenvalue weighted by Crippen LogP contribution is -2.26. The first kappa shape index (κ1) is 29.9. The Balaban J connectivity index is 1.21. The third-order valence-electron chi connectivity index (χ3n) is 11.3. The SMILES string of the molecule is C=C1/C(CCC)=C\[CH]C2=CC(CCCC1CC1CCC([C@H]3CCC4=C/C3=C\[CH]/C(CC)=C/C(C)CC4)CC1)CC2. The van der Waals surface area contributed by atoms with Gasteiger partial charge >= 0.3 is 0 Å². The van der Waals surface area contributed by atoms with Crippen LogP contribution in [0.25, 0.3) is 0 Å². The van der Waals surface area contributed by atoms with Crippen molar-refractivity contribution in [3.8, 4) is 0 Å². The van der Waals surface area contributed by atoms with Gasteiger partial charge in [0, 0.05) is 12.8 Å². The van der Waals surface area contributed by atoms with Gasteiger partial charge in [0.1, 0.15) is 0 Å². The van der Waals surface area contributed by atoms with E-state index in [1.54, 1.807) is 22.3 Å². The molecule has 1 fully saturated rings. The minimum absolute atomic E-state index is 0.687. The molecule has 3 unspecified atom stereocenters. The van der Waals surface area contributed by atoms with Gasteiger partial charge in [0.15, 0.2) is 0 Å². The van der Waals surface area contributed by atoms with Crippen LogP contribution in [0.4, 0.5) is 0 Å². The van der Waals surface area contributed by atoms with Crippen LogP contribution in [0.5, 0.6) is 0 Å². The molecule has 5 rings (SSSR count). The minimum Gasteiger partial charge on any atom is -0.0953 e. The molecule has 0 aliphatic heterocycles. The molecular formula is C40H58. The maximum absolute atomic E-state index is 4.77. The fraction of sp³-hybridized carbons (Fsp3) is 0.650. The number of rotatable bonds is 6. The van der Waals surface area contributed by atoms with Crippen LogP contribution in [-0.4, -0.2) is 0 Å². The van der Waals surface area contributed by atoms with E-state index in [0.29, 0.717) is 11.8 Å². The number of hydrogen-bond acceptors (Lipinski definition) is 0. The van der Waals surface area contributed by atoms with E-state index in [0.717, 1.165) is 30.1 Å². The largest absolute Gasteiger partial charge is 0.0953 e. The molecule has 0 saturated heterocycles. The molecular weight excluding hydrogens is 480 g/mol. The Labute approximate surface area is 248 Å². The first-order chi connectivity index (χ1) is 19.5. The van der Waals surface area contributed by atoms with Gasteiger partial charge in [-0.1, -0.05) is 100 Å². The van der Waals surface area contributed by atoms with E-state index in [-0.39, 0.29) is 0 Å². The Morgan fingerprint density at radius 2 is 1.65 bits per heavy atom. The zero-order valence-corrected chi connectivity index (χ0v) is 26.2. The van der Waals surface area contributed by atoms with Gasteiger partial charge in [0.2, 0.25) is 0 Å². The van der Waals surface area contributed by atoms with Crippen LogP contribution in [0.2, 0.25) is 0 Å². The van der Waals surface area contributed by atoms with Crippen LogP contribution in [0.15, 0.2) is 70.4 Å². The van der Waals surface area contributed by atoms with Gasteiger partial charge in [-0.15, -0.1) is 0 Å². The van der Waals surface area contributed by atoms with Crippen molar-refractivity contribution in [3.63, 3.8) is 0 Å². The Bertz CT molecular complexity index is 1020. The van der Waals surface area contributed by atoms with E-state index >= 15 is 0 Å². The van der Waals surface area contributed by atoms with Gasteiger partial charge in [-0.05, 0) is 136 Å². The summed E-state index contributed by atoms with van der Waals surface area (Å²) in [5.74, 6) is 4.76. The summed E-state index contributed by atoms with van der Waals surface area (Å²) in [6.45, 7) is 11.8. The van der Waals surface area contributed by atoms with Crippen LogP contribution in [0.3, 0.4) is 0 Å². The molecule has 0 aromatic heterocycles. The molecule has 0 aromatic rings. The summed E-state index contributed by atoms with van der Waals surface area (Å²) in [6, 6.07) is 0. The Hall–Kier alpha value is -1.56. The Morgan fingerprint density at radius 1 is 0.825 bits per heavy atom. The summed E-state index contributed by atoms with van der Waals surface area (Å²) < 4.78 is 0. The average molecular weight is 539 g/mol. The molecule has 0 nitrogen and oxygen atoms in total. The van der Waals surface area contributed by atoms with Crippen LogP contribution in [0, 0.1) is 48.3 Å². The number of fused-ring (bicyclic) bond motifs is 2. The van der Waals surface area contributed by atoms with E-state index in [2.05, 4.69) is 64.0 Å². The van der Waals surface area contributed by atoms with Gasteiger partial charge in [-0.3, -0.25) is 0 Å².